The van der Waals surface area contributed by atoms with Gasteiger partial charge in [-0.2, -0.15) is 5.10 Å². The molecule has 0 atom stereocenters. The molecule has 3 nitrogen and oxygen atoms in total. The van der Waals surface area contributed by atoms with Crippen molar-refractivity contribution in [3.8, 4) is 0 Å². The topological polar surface area (TPSA) is 34.9 Å². The van der Waals surface area contributed by atoms with Gasteiger partial charge in [-0.25, -0.2) is 0 Å². The fourth-order valence-corrected chi connectivity index (χ4v) is 2.09. The number of hydrogen-bond acceptors (Lipinski definition) is 2. The number of carbonyl (C=O) groups is 1. The van der Waals surface area contributed by atoms with Crippen LogP contribution in [0.4, 0.5) is 0 Å². The van der Waals surface area contributed by atoms with Gasteiger partial charge in [0.25, 0.3) is 0 Å². The van der Waals surface area contributed by atoms with E-state index in [-0.39, 0.29) is 5.78 Å². The van der Waals surface area contributed by atoms with Crippen LogP contribution in [0.1, 0.15) is 34.0 Å². The Kier molecular flexibility index (Phi) is 3.60. The second-order valence-electron chi connectivity index (χ2n) is 4.68. The van der Waals surface area contributed by atoms with Crippen LogP contribution in [-0.2, 0) is 13.0 Å². The Balaban J connectivity index is 2.16. The fraction of sp³-hybridized carbons (Fsp3) is 0.333. The second-order valence-corrected chi connectivity index (χ2v) is 4.68. The highest BCUT2D eigenvalue weighted by Gasteiger charge is 2.09. The summed E-state index contributed by atoms with van der Waals surface area (Å²) in [6.45, 7) is 6.89. The Morgan fingerprint density at radius 2 is 1.89 bits per heavy atom. The van der Waals surface area contributed by atoms with E-state index in [2.05, 4.69) is 11.2 Å². The first-order chi connectivity index (χ1) is 8.58. The number of ketones is 1. The molecule has 0 fully saturated rings. The molecule has 0 bridgehead atoms. The quantitative estimate of drug-likeness (QED) is 0.773. The minimum Gasteiger partial charge on any atom is -0.294 e. The first-order valence-electron chi connectivity index (χ1n) is 6.21. The average Bonchev–Trinajstić information content (AvgIpc) is 2.75. The average molecular weight is 242 g/mol. The zero-order valence-electron chi connectivity index (χ0n) is 11.1. The van der Waals surface area contributed by atoms with Gasteiger partial charge in [-0.3, -0.25) is 9.48 Å². The summed E-state index contributed by atoms with van der Waals surface area (Å²) in [4.78, 5) is 12.2. The van der Waals surface area contributed by atoms with Crippen LogP contribution in [-0.4, -0.2) is 15.6 Å². The molecular formula is C15H18N2O. The van der Waals surface area contributed by atoms with Gasteiger partial charge < -0.3 is 0 Å². The van der Waals surface area contributed by atoms with E-state index in [0.717, 1.165) is 28.8 Å². The lowest BCUT2D eigenvalue weighted by atomic mass is 10.0. The Bertz CT molecular complexity index is 549. The van der Waals surface area contributed by atoms with Crippen molar-refractivity contribution in [3.63, 3.8) is 0 Å². The molecule has 0 amide bonds. The van der Waals surface area contributed by atoms with Crippen LogP contribution >= 0.6 is 0 Å². The molecular weight excluding hydrogens is 224 g/mol. The maximum atomic E-state index is 12.2. The Labute approximate surface area is 107 Å². The molecule has 1 aromatic carbocycles. The highest BCUT2D eigenvalue weighted by molar-refractivity contribution is 5.97. The standard InChI is InChI=1S/C15H18N2O/c1-4-17-10-13(9-16-17)8-15(18)14-6-11(2)5-12(3)7-14/h5-7,9-10H,4,8H2,1-3H3. The number of nitrogens with zero attached hydrogens (tertiary/aromatic N) is 2. The molecule has 0 saturated carbocycles. The number of hydrogen-bond donors (Lipinski definition) is 0. The summed E-state index contributed by atoms with van der Waals surface area (Å²) >= 11 is 0. The van der Waals surface area contributed by atoms with E-state index < -0.39 is 0 Å². The van der Waals surface area contributed by atoms with E-state index in [4.69, 9.17) is 0 Å². The molecule has 2 rings (SSSR count). The summed E-state index contributed by atoms with van der Waals surface area (Å²) in [7, 11) is 0. The van der Waals surface area contributed by atoms with Gasteiger partial charge in [0, 0.05) is 24.7 Å². The van der Waals surface area contributed by atoms with Crippen molar-refractivity contribution >= 4 is 5.78 Å². The van der Waals surface area contributed by atoms with Gasteiger partial charge in [0.1, 0.15) is 0 Å². The lowest BCUT2D eigenvalue weighted by Crippen LogP contribution is -2.04. The predicted molar refractivity (Wildman–Crippen MR) is 71.9 cm³/mol. The largest absolute Gasteiger partial charge is 0.294 e. The zero-order chi connectivity index (χ0) is 13.1. The molecule has 0 unspecified atom stereocenters. The zero-order valence-corrected chi connectivity index (χ0v) is 11.1. The van der Waals surface area contributed by atoms with Crippen LogP contribution in [0.15, 0.2) is 30.6 Å². The monoisotopic (exact) mass is 242 g/mol. The maximum Gasteiger partial charge on any atom is 0.167 e. The van der Waals surface area contributed by atoms with Crippen molar-refractivity contribution in [2.24, 2.45) is 0 Å². The summed E-state index contributed by atoms with van der Waals surface area (Å²) in [6, 6.07) is 5.96. The molecule has 2 aromatic rings. The van der Waals surface area contributed by atoms with E-state index in [1.807, 2.05) is 43.8 Å². The second kappa shape index (κ2) is 5.17. The summed E-state index contributed by atoms with van der Waals surface area (Å²) < 4.78 is 1.84. The summed E-state index contributed by atoms with van der Waals surface area (Å²) in [5, 5.41) is 4.18. The fourth-order valence-electron chi connectivity index (χ4n) is 2.09. The van der Waals surface area contributed by atoms with E-state index >= 15 is 0 Å². The first kappa shape index (κ1) is 12.6. The van der Waals surface area contributed by atoms with Crippen LogP contribution in [0.3, 0.4) is 0 Å². The summed E-state index contributed by atoms with van der Waals surface area (Å²) in [5.41, 5.74) is 4.02. The van der Waals surface area contributed by atoms with Gasteiger partial charge in [-0.1, -0.05) is 17.2 Å². The van der Waals surface area contributed by atoms with Gasteiger partial charge >= 0.3 is 0 Å². The van der Waals surface area contributed by atoms with E-state index in [1.54, 1.807) is 6.20 Å². The summed E-state index contributed by atoms with van der Waals surface area (Å²) in [5.74, 6) is 0.150. The molecule has 0 aliphatic heterocycles. The molecule has 0 N–H and O–H groups in total. The molecule has 1 heterocycles. The van der Waals surface area contributed by atoms with Crippen LogP contribution in [0.25, 0.3) is 0 Å². The van der Waals surface area contributed by atoms with Crippen molar-refractivity contribution in [3.05, 3.63) is 52.8 Å². The van der Waals surface area contributed by atoms with Crippen molar-refractivity contribution in [2.45, 2.75) is 33.7 Å². The molecule has 3 heteroatoms. The molecule has 18 heavy (non-hydrogen) atoms. The van der Waals surface area contributed by atoms with E-state index in [0.29, 0.717) is 6.42 Å². The molecule has 0 spiro atoms. The van der Waals surface area contributed by atoms with Crippen LogP contribution < -0.4 is 0 Å². The molecule has 0 saturated heterocycles. The first-order valence-corrected chi connectivity index (χ1v) is 6.21. The van der Waals surface area contributed by atoms with Crippen molar-refractivity contribution < 1.29 is 4.79 Å². The van der Waals surface area contributed by atoms with Gasteiger partial charge in [0.15, 0.2) is 5.78 Å². The SMILES string of the molecule is CCn1cc(CC(=O)c2cc(C)cc(C)c2)cn1. The molecule has 1 aromatic heterocycles. The molecule has 94 valence electrons. The molecule has 0 aliphatic carbocycles. The van der Waals surface area contributed by atoms with Crippen LogP contribution in [0.5, 0.6) is 0 Å². The van der Waals surface area contributed by atoms with Gasteiger partial charge in [-0.05, 0) is 38.5 Å². The molecule has 0 radical (unpaired) electrons. The van der Waals surface area contributed by atoms with Crippen molar-refractivity contribution in [1.82, 2.24) is 9.78 Å². The minimum atomic E-state index is 0.150. The maximum absolute atomic E-state index is 12.2. The normalized spacial score (nSPS) is 10.6. The Morgan fingerprint density at radius 3 is 2.44 bits per heavy atom. The van der Waals surface area contributed by atoms with Crippen LogP contribution in [0, 0.1) is 13.8 Å². The smallest absolute Gasteiger partial charge is 0.167 e. The Hall–Kier alpha value is -1.90. The number of benzene rings is 1. The number of aryl methyl sites for hydroxylation is 3. The highest BCUT2D eigenvalue weighted by Crippen LogP contribution is 2.12. The summed E-state index contributed by atoms with van der Waals surface area (Å²) in [6.07, 6.45) is 4.12. The lowest BCUT2D eigenvalue weighted by Gasteiger charge is -2.03. The third kappa shape index (κ3) is 2.86. The van der Waals surface area contributed by atoms with Gasteiger partial charge in [0.05, 0.1) is 6.20 Å². The number of aromatic nitrogens is 2. The Morgan fingerprint density at radius 1 is 1.22 bits per heavy atom. The van der Waals surface area contributed by atoms with E-state index in [1.165, 1.54) is 0 Å². The predicted octanol–water partition coefficient (Wildman–Crippen LogP) is 2.95. The van der Waals surface area contributed by atoms with E-state index in [9.17, 15) is 4.79 Å². The third-order valence-corrected chi connectivity index (χ3v) is 2.92. The number of rotatable bonds is 4. The van der Waals surface area contributed by atoms with Crippen molar-refractivity contribution in [2.75, 3.05) is 0 Å². The van der Waals surface area contributed by atoms with Gasteiger partial charge in [0.2, 0.25) is 0 Å². The third-order valence-electron chi connectivity index (χ3n) is 2.92. The lowest BCUT2D eigenvalue weighted by molar-refractivity contribution is 0.0993. The van der Waals surface area contributed by atoms with Crippen LogP contribution in [0.2, 0.25) is 0 Å². The number of carbonyl (C=O) groups excluding carboxylic acids is 1. The van der Waals surface area contributed by atoms with Crippen molar-refractivity contribution in [1.29, 1.82) is 0 Å². The number of Topliss-reactive ketones (excluding diaryl/α,β-unsaturated/α-hetero) is 1. The minimum absolute atomic E-state index is 0.150. The van der Waals surface area contributed by atoms with Gasteiger partial charge in [-0.15, -0.1) is 0 Å². The molecule has 0 aliphatic rings. The highest BCUT2D eigenvalue weighted by atomic mass is 16.1.